The number of nitrogens with zero attached hydrogens (tertiary/aromatic N) is 1. The molecule has 0 amide bonds. The van der Waals surface area contributed by atoms with E-state index >= 15 is 0 Å². The van der Waals surface area contributed by atoms with E-state index in [0.29, 0.717) is 12.8 Å². The zero-order valence-electron chi connectivity index (χ0n) is 8.69. The van der Waals surface area contributed by atoms with Crippen molar-refractivity contribution in [3.63, 3.8) is 0 Å². The number of hydrogen-bond acceptors (Lipinski definition) is 2. The van der Waals surface area contributed by atoms with Gasteiger partial charge in [0, 0.05) is 12.6 Å². The summed E-state index contributed by atoms with van der Waals surface area (Å²) in [4.78, 5) is 0.741. The molecule has 1 atom stereocenters. The van der Waals surface area contributed by atoms with E-state index < -0.39 is 6.30 Å². The lowest BCUT2D eigenvalue weighted by atomic mass is 9.99. The molecule has 0 aromatic rings. The average Bonchev–Trinajstić information content (AvgIpc) is 2.97. The van der Waals surface area contributed by atoms with Gasteiger partial charge in [0.05, 0.1) is 0 Å². The van der Waals surface area contributed by atoms with Gasteiger partial charge in [-0.1, -0.05) is 0 Å². The Morgan fingerprint density at radius 1 is 1.20 bits per heavy atom. The second-order valence-corrected chi connectivity index (χ2v) is 4.56. The Morgan fingerprint density at radius 3 is 2.40 bits per heavy atom. The largest absolute Gasteiger partial charge is 0.460 e. The smallest absolute Gasteiger partial charge is 0.316 e. The molecule has 1 aliphatic carbocycles. The van der Waals surface area contributed by atoms with Crippen LogP contribution in [0.1, 0.15) is 25.7 Å². The van der Waals surface area contributed by atoms with E-state index in [-0.39, 0.29) is 18.5 Å². The molecule has 2 nitrogen and oxygen atoms in total. The van der Waals surface area contributed by atoms with Crippen molar-refractivity contribution in [1.82, 2.24) is 10.2 Å². The van der Waals surface area contributed by atoms with Gasteiger partial charge in [-0.3, -0.25) is 0 Å². The zero-order valence-corrected chi connectivity index (χ0v) is 8.69. The Balaban J connectivity index is 1.88. The summed E-state index contributed by atoms with van der Waals surface area (Å²) < 4.78 is 38.0. The van der Waals surface area contributed by atoms with Crippen LogP contribution in [-0.4, -0.2) is 36.9 Å². The van der Waals surface area contributed by atoms with Crippen LogP contribution in [0.15, 0.2) is 0 Å². The van der Waals surface area contributed by atoms with E-state index in [1.54, 1.807) is 0 Å². The molecule has 2 fully saturated rings. The van der Waals surface area contributed by atoms with Gasteiger partial charge in [0.2, 0.25) is 0 Å². The Kier molecular flexibility index (Phi) is 3.21. The van der Waals surface area contributed by atoms with Gasteiger partial charge in [-0.15, -0.1) is 0 Å². The van der Waals surface area contributed by atoms with E-state index in [1.807, 2.05) is 0 Å². The molecule has 2 aliphatic rings. The van der Waals surface area contributed by atoms with Gasteiger partial charge in [-0.2, -0.15) is 13.2 Å². The van der Waals surface area contributed by atoms with Crippen molar-refractivity contribution in [2.45, 2.75) is 38.0 Å². The summed E-state index contributed by atoms with van der Waals surface area (Å²) in [5, 5.41) is 3.16. The monoisotopic (exact) mass is 222 g/mol. The van der Waals surface area contributed by atoms with Crippen LogP contribution < -0.4 is 5.32 Å². The first kappa shape index (κ1) is 11.2. The summed E-state index contributed by atoms with van der Waals surface area (Å²) in [6, 6.07) is -0.230. The van der Waals surface area contributed by atoms with E-state index in [4.69, 9.17) is 0 Å². The van der Waals surface area contributed by atoms with E-state index in [9.17, 15) is 13.2 Å². The van der Waals surface area contributed by atoms with Gasteiger partial charge in [0.15, 0.2) is 0 Å². The topological polar surface area (TPSA) is 15.3 Å². The molecular weight excluding hydrogens is 205 g/mol. The highest BCUT2D eigenvalue weighted by Crippen LogP contribution is 2.36. The van der Waals surface area contributed by atoms with E-state index in [2.05, 4.69) is 5.32 Å². The lowest BCUT2D eigenvalue weighted by molar-refractivity contribution is -0.252. The van der Waals surface area contributed by atoms with Crippen LogP contribution in [0.3, 0.4) is 0 Å². The molecule has 1 N–H and O–H groups in total. The molecule has 0 unspecified atom stereocenters. The van der Waals surface area contributed by atoms with Crippen molar-refractivity contribution in [1.29, 1.82) is 0 Å². The fourth-order valence-electron chi connectivity index (χ4n) is 2.20. The molecule has 0 aromatic carbocycles. The molecule has 0 bridgehead atoms. The highest BCUT2D eigenvalue weighted by molar-refractivity contribution is 4.87. The van der Waals surface area contributed by atoms with Crippen molar-refractivity contribution >= 4 is 0 Å². The summed E-state index contributed by atoms with van der Waals surface area (Å²) in [6.07, 6.45) is -0.800. The van der Waals surface area contributed by atoms with Crippen LogP contribution in [0.25, 0.3) is 0 Å². The normalized spacial score (nSPS) is 28.4. The highest BCUT2D eigenvalue weighted by atomic mass is 19.4. The zero-order chi connectivity index (χ0) is 10.9. The number of nitrogens with one attached hydrogen (secondary N) is 1. The van der Waals surface area contributed by atoms with E-state index in [1.165, 1.54) is 0 Å². The maximum atomic E-state index is 12.7. The quantitative estimate of drug-likeness (QED) is 0.734. The number of halogens is 3. The van der Waals surface area contributed by atoms with Gasteiger partial charge >= 0.3 is 6.30 Å². The minimum atomic E-state index is -4.14. The van der Waals surface area contributed by atoms with Crippen LogP contribution in [0.4, 0.5) is 13.2 Å². The second-order valence-electron chi connectivity index (χ2n) is 4.56. The van der Waals surface area contributed by atoms with E-state index in [0.717, 1.165) is 30.8 Å². The average molecular weight is 222 g/mol. The molecule has 1 aliphatic heterocycles. The molecule has 1 saturated heterocycles. The predicted octanol–water partition coefficient (Wildman–Crippen LogP) is 1.97. The third-order valence-corrected chi connectivity index (χ3v) is 3.17. The third-order valence-electron chi connectivity index (χ3n) is 3.17. The maximum absolute atomic E-state index is 12.7. The number of rotatable bonds is 3. The molecule has 5 heteroatoms. The SMILES string of the molecule is FC(F)(F)N(C[C@H]1CCCNC1)C1CC1. The summed E-state index contributed by atoms with van der Waals surface area (Å²) in [7, 11) is 0. The Labute approximate surface area is 87.8 Å². The standard InChI is InChI=1S/C10H17F3N2/c11-10(12,13)15(9-3-4-9)7-8-2-1-5-14-6-8/h8-9,14H,1-7H2/t8-/m0/s1. The van der Waals surface area contributed by atoms with Crippen molar-refractivity contribution in [2.75, 3.05) is 19.6 Å². The maximum Gasteiger partial charge on any atom is 0.460 e. The van der Waals surface area contributed by atoms with Crippen LogP contribution >= 0.6 is 0 Å². The minimum Gasteiger partial charge on any atom is -0.316 e. The van der Waals surface area contributed by atoms with Crippen molar-refractivity contribution < 1.29 is 13.2 Å². The summed E-state index contributed by atoms with van der Waals surface area (Å²) in [5.74, 6) is 0.168. The third kappa shape index (κ3) is 3.08. The lowest BCUT2D eigenvalue weighted by Gasteiger charge is -2.31. The Morgan fingerprint density at radius 2 is 1.93 bits per heavy atom. The van der Waals surface area contributed by atoms with Crippen LogP contribution in [-0.2, 0) is 0 Å². The Bertz CT molecular complexity index is 207. The molecule has 2 rings (SSSR count). The molecule has 0 spiro atoms. The van der Waals surface area contributed by atoms with Crippen LogP contribution in [0, 0.1) is 5.92 Å². The molecule has 1 heterocycles. The van der Waals surface area contributed by atoms with Gasteiger partial charge in [-0.05, 0) is 44.7 Å². The first-order valence-electron chi connectivity index (χ1n) is 5.61. The number of piperidine rings is 1. The highest BCUT2D eigenvalue weighted by Gasteiger charge is 2.46. The summed E-state index contributed by atoms with van der Waals surface area (Å²) >= 11 is 0. The van der Waals surface area contributed by atoms with Crippen molar-refractivity contribution in [3.05, 3.63) is 0 Å². The van der Waals surface area contributed by atoms with Gasteiger partial charge in [-0.25, -0.2) is 4.90 Å². The first-order chi connectivity index (χ1) is 7.07. The molecule has 15 heavy (non-hydrogen) atoms. The van der Waals surface area contributed by atoms with Crippen LogP contribution in [0.2, 0.25) is 0 Å². The molecule has 1 saturated carbocycles. The van der Waals surface area contributed by atoms with Gasteiger partial charge in [0.1, 0.15) is 0 Å². The summed E-state index contributed by atoms with van der Waals surface area (Å²) in [5.41, 5.74) is 0. The molecular formula is C10H17F3N2. The minimum absolute atomic E-state index is 0.168. The number of hydrogen-bond donors (Lipinski definition) is 1. The second kappa shape index (κ2) is 4.29. The van der Waals surface area contributed by atoms with Crippen molar-refractivity contribution in [3.8, 4) is 0 Å². The summed E-state index contributed by atoms with van der Waals surface area (Å²) in [6.45, 7) is 1.87. The predicted molar refractivity (Wildman–Crippen MR) is 51.4 cm³/mol. The Hall–Kier alpha value is -0.290. The first-order valence-corrected chi connectivity index (χ1v) is 5.61. The lowest BCUT2D eigenvalue weighted by Crippen LogP contribution is -2.46. The van der Waals surface area contributed by atoms with Gasteiger partial charge < -0.3 is 5.32 Å². The molecule has 0 radical (unpaired) electrons. The van der Waals surface area contributed by atoms with Crippen molar-refractivity contribution in [2.24, 2.45) is 5.92 Å². The van der Waals surface area contributed by atoms with Gasteiger partial charge in [0.25, 0.3) is 0 Å². The molecule has 88 valence electrons. The van der Waals surface area contributed by atoms with Crippen LogP contribution in [0.5, 0.6) is 0 Å². The fourth-order valence-corrected chi connectivity index (χ4v) is 2.20. The number of alkyl halides is 3. The molecule has 0 aromatic heterocycles. The fraction of sp³-hybridized carbons (Fsp3) is 1.00.